The highest BCUT2D eigenvalue weighted by atomic mass is 32.2. The second kappa shape index (κ2) is 5.30. The number of nitrogen functional groups attached to an aromatic ring is 1. The first-order chi connectivity index (χ1) is 8.63. The largest absolute Gasteiger partial charge is 0.398 e. The maximum Gasteiger partial charge on any atom is 0.343 e. The zero-order chi connectivity index (χ0) is 13.1. The maximum atomic E-state index is 11.6. The average Bonchev–Trinajstić information content (AvgIpc) is 2.68. The number of rotatable bonds is 4. The highest BCUT2D eigenvalue weighted by Gasteiger charge is 2.11. The molecular formula is C12H16N4OS. The van der Waals surface area contributed by atoms with E-state index in [9.17, 15) is 4.79 Å². The summed E-state index contributed by atoms with van der Waals surface area (Å²) in [6, 6.07) is 5.84. The number of nitrogens with one attached hydrogen (secondary N) is 1. The fraction of sp³-hybridized carbons (Fsp3) is 0.333. The highest BCUT2D eigenvalue weighted by molar-refractivity contribution is 7.99. The Bertz CT molecular complexity index is 602. The van der Waals surface area contributed by atoms with Crippen LogP contribution in [-0.4, -0.2) is 14.8 Å². The molecule has 0 unspecified atom stereocenters. The van der Waals surface area contributed by atoms with Gasteiger partial charge >= 0.3 is 5.69 Å². The molecule has 2 aromatic rings. The molecule has 0 fully saturated rings. The first-order valence-corrected chi connectivity index (χ1v) is 6.63. The SMILES string of the molecule is CCCn1c(Sc2cccc(C)c2N)n[nH]c1=O. The first kappa shape index (κ1) is 12.8. The number of nitrogens with zero attached hydrogens (tertiary/aromatic N) is 2. The number of aryl methyl sites for hydroxylation is 1. The van der Waals surface area contributed by atoms with Crippen molar-refractivity contribution in [1.82, 2.24) is 14.8 Å². The van der Waals surface area contributed by atoms with E-state index in [2.05, 4.69) is 10.2 Å². The number of H-pyrrole nitrogens is 1. The van der Waals surface area contributed by atoms with E-state index in [0.29, 0.717) is 11.7 Å². The van der Waals surface area contributed by atoms with E-state index in [-0.39, 0.29) is 5.69 Å². The van der Waals surface area contributed by atoms with Crippen molar-refractivity contribution in [2.75, 3.05) is 5.73 Å². The molecule has 6 heteroatoms. The fourth-order valence-electron chi connectivity index (χ4n) is 1.64. The van der Waals surface area contributed by atoms with Crippen molar-refractivity contribution in [3.05, 3.63) is 34.2 Å². The minimum absolute atomic E-state index is 0.175. The smallest absolute Gasteiger partial charge is 0.343 e. The number of anilines is 1. The second-order valence-electron chi connectivity index (χ2n) is 4.05. The minimum atomic E-state index is -0.175. The summed E-state index contributed by atoms with van der Waals surface area (Å²) in [7, 11) is 0. The summed E-state index contributed by atoms with van der Waals surface area (Å²) in [4.78, 5) is 12.5. The summed E-state index contributed by atoms with van der Waals surface area (Å²) in [5.74, 6) is 0. The van der Waals surface area contributed by atoms with Gasteiger partial charge in [0, 0.05) is 17.1 Å². The summed E-state index contributed by atoms with van der Waals surface area (Å²) in [6.07, 6.45) is 0.885. The van der Waals surface area contributed by atoms with Gasteiger partial charge in [-0.05, 0) is 36.7 Å². The Kier molecular flexibility index (Phi) is 3.76. The Morgan fingerprint density at radius 1 is 1.50 bits per heavy atom. The van der Waals surface area contributed by atoms with Crippen LogP contribution in [-0.2, 0) is 6.54 Å². The molecule has 0 saturated carbocycles. The van der Waals surface area contributed by atoms with E-state index in [1.54, 1.807) is 4.57 Å². The van der Waals surface area contributed by atoms with Gasteiger partial charge in [0.2, 0.25) is 0 Å². The van der Waals surface area contributed by atoms with E-state index in [0.717, 1.165) is 22.6 Å². The van der Waals surface area contributed by atoms with Gasteiger partial charge in [0.05, 0.1) is 0 Å². The van der Waals surface area contributed by atoms with E-state index in [1.807, 2.05) is 32.0 Å². The summed E-state index contributed by atoms with van der Waals surface area (Å²) in [5, 5.41) is 7.16. The number of para-hydroxylation sites is 1. The zero-order valence-corrected chi connectivity index (χ0v) is 11.3. The molecule has 0 saturated heterocycles. The van der Waals surface area contributed by atoms with Crippen LogP contribution in [0.1, 0.15) is 18.9 Å². The molecule has 1 aromatic carbocycles. The quantitative estimate of drug-likeness (QED) is 0.828. The average molecular weight is 264 g/mol. The Labute approximate surface area is 109 Å². The van der Waals surface area contributed by atoms with Crippen LogP contribution in [0.3, 0.4) is 0 Å². The lowest BCUT2D eigenvalue weighted by molar-refractivity contribution is 0.604. The minimum Gasteiger partial charge on any atom is -0.398 e. The van der Waals surface area contributed by atoms with Crippen LogP contribution in [0.15, 0.2) is 33.0 Å². The Morgan fingerprint density at radius 3 is 3.00 bits per heavy atom. The zero-order valence-electron chi connectivity index (χ0n) is 10.4. The molecule has 0 aliphatic heterocycles. The highest BCUT2D eigenvalue weighted by Crippen LogP contribution is 2.31. The number of hydrogen-bond acceptors (Lipinski definition) is 4. The molecule has 18 heavy (non-hydrogen) atoms. The third-order valence-corrected chi connectivity index (χ3v) is 3.73. The predicted octanol–water partition coefficient (Wildman–Crippen LogP) is 2.02. The van der Waals surface area contributed by atoms with Crippen LogP contribution < -0.4 is 11.4 Å². The second-order valence-corrected chi connectivity index (χ2v) is 5.06. The lowest BCUT2D eigenvalue weighted by Crippen LogP contribution is -2.17. The molecule has 0 amide bonds. The number of aromatic nitrogens is 3. The van der Waals surface area contributed by atoms with Gasteiger partial charge in [-0.3, -0.25) is 4.57 Å². The number of aromatic amines is 1. The maximum absolute atomic E-state index is 11.6. The molecule has 2 rings (SSSR count). The molecule has 0 aliphatic rings. The molecule has 3 N–H and O–H groups in total. The van der Waals surface area contributed by atoms with E-state index in [1.165, 1.54) is 11.8 Å². The summed E-state index contributed by atoms with van der Waals surface area (Å²) in [5.41, 5.74) is 7.60. The standard InChI is InChI=1S/C12H16N4OS/c1-3-7-16-11(17)14-15-12(16)18-9-6-4-5-8(2)10(9)13/h4-6H,3,7,13H2,1-2H3,(H,14,17). The van der Waals surface area contributed by atoms with Crippen LogP contribution in [0, 0.1) is 6.92 Å². The van der Waals surface area contributed by atoms with Crippen molar-refractivity contribution in [2.24, 2.45) is 0 Å². The number of benzene rings is 1. The third-order valence-electron chi connectivity index (χ3n) is 2.66. The number of hydrogen-bond donors (Lipinski definition) is 2. The van der Waals surface area contributed by atoms with Gasteiger partial charge in [-0.25, -0.2) is 9.89 Å². The molecular weight excluding hydrogens is 248 g/mol. The Hall–Kier alpha value is -1.69. The van der Waals surface area contributed by atoms with E-state index >= 15 is 0 Å². The predicted molar refractivity (Wildman–Crippen MR) is 72.9 cm³/mol. The molecule has 0 radical (unpaired) electrons. The van der Waals surface area contributed by atoms with Crippen LogP contribution in [0.4, 0.5) is 5.69 Å². The molecule has 1 heterocycles. The number of nitrogens with two attached hydrogens (primary N) is 1. The van der Waals surface area contributed by atoms with Gasteiger partial charge in [-0.1, -0.05) is 19.1 Å². The topological polar surface area (TPSA) is 76.7 Å². The van der Waals surface area contributed by atoms with Crippen LogP contribution in [0.5, 0.6) is 0 Å². The molecule has 0 bridgehead atoms. The van der Waals surface area contributed by atoms with Gasteiger partial charge in [0.15, 0.2) is 5.16 Å². The summed E-state index contributed by atoms with van der Waals surface area (Å²) < 4.78 is 1.63. The van der Waals surface area contributed by atoms with Gasteiger partial charge in [0.25, 0.3) is 0 Å². The van der Waals surface area contributed by atoms with Crippen molar-refractivity contribution in [3.8, 4) is 0 Å². The first-order valence-electron chi connectivity index (χ1n) is 5.81. The van der Waals surface area contributed by atoms with Gasteiger partial charge in [-0.2, -0.15) is 0 Å². The van der Waals surface area contributed by atoms with Crippen LogP contribution in [0.25, 0.3) is 0 Å². The van der Waals surface area contributed by atoms with Crippen LogP contribution in [0.2, 0.25) is 0 Å². The van der Waals surface area contributed by atoms with Crippen molar-refractivity contribution < 1.29 is 0 Å². The molecule has 0 aliphatic carbocycles. The molecule has 1 aromatic heterocycles. The van der Waals surface area contributed by atoms with Gasteiger partial charge in [-0.15, -0.1) is 5.10 Å². The van der Waals surface area contributed by atoms with Crippen LogP contribution >= 0.6 is 11.8 Å². The lowest BCUT2D eigenvalue weighted by Gasteiger charge is -2.07. The molecule has 0 atom stereocenters. The molecule has 96 valence electrons. The van der Waals surface area contributed by atoms with E-state index < -0.39 is 0 Å². The Balaban J connectivity index is 2.34. The summed E-state index contributed by atoms with van der Waals surface area (Å²) >= 11 is 1.41. The summed E-state index contributed by atoms with van der Waals surface area (Å²) in [6.45, 7) is 4.64. The lowest BCUT2D eigenvalue weighted by atomic mass is 10.2. The van der Waals surface area contributed by atoms with Crippen molar-refractivity contribution in [1.29, 1.82) is 0 Å². The third kappa shape index (κ3) is 2.43. The van der Waals surface area contributed by atoms with Crippen molar-refractivity contribution >= 4 is 17.4 Å². The normalized spacial score (nSPS) is 10.8. The van der Waals surface area contributed by atoms with Gasteiger partial charge < -0.3 is 5.73 Å². The molecule has 0 spiro atoms. The van der Waals surface area contributed by atoms with Gasteiger partial charge in [0.1, 0.15) is 0 Å². The fourth-order valence-corrected chi connectivity index (χ4v) is 2.63. The monoisotopic (exact) mass is 264 g/mol. The molecule has 5 nitrogen and oxygen atoms in total. The Morgan fingerprint density at radius 2 is 2.28 bits per heavy atom. The van der Waals surface area contributed by atoms with E-state index in [4.69, 9.17) is 5.73 Å². The van der Waals surface area contributed by atoms with Crippen molar-refractivity contribution in [3.63, 3.8) is 0 Å². The van der Waals surface area contributed by atoms with Crippen molar-refractivity contribution in [2.45, 2.75) is 36.9 Å².